The summed E-state index contributed by atoms with van der Waals surface area (Å²) in [5.41, 5.74) is 0. The molecule has 0 heterocycles. The summed E-state index contributed by atoms with van der Waals surface area (Å²) in [4.78, 5) is 23.6. The van der Waals surface area contributed by atoms with Gasteiger partial charge in [0.25, 0.3) is 0 Å². The lowest BCUT2D eigenvalue weighted by Crippen LogP contribution is -2.40. The molecule has 1 amide bonds. The Balaban J connectivity index is 3.76. The molecule has 0 fully saturated rings. The van der Waals surface area contributed by atoms with Gasteiger partial charge in [0.15, 0.2) is 5.78 Å². The molecule has 0 unspecified atom stereocenters. The van der Waals surface area contributed by atoms with E-state index in [0.29, 0.717) is 18.8 Å². The van der Waals surface area contributed by atoms with Gasteiger partial charge in [-0.25, -0.2) is 0 Å². The predicted octanol–water partition coefficient (Wildman–Crippen LogP) is 7.03. The Labute approximate surface area is 185 Å². The van der Waals surface area contributed by atoms with E-state index >= 15 is 0 Å². The van der Waals surface area contributed by atoms with Gasteiger partial charge in [-0.1, -0.05) is 81.5 Å². The van der Waals surface area contributed by atoms with Crippen LogP contribution in [0.25, 0.3) is 0 Å². The van der Waals surface area contributed by atoms with Crippen molar-refractivity contribution in [1.29, 1.82) is 0 Å². The maximum absolute atomic E-state index is 12.0. The maximum atomic E-state index is 12.0. The van der Waals surface area contributed by atoms with Gasteiger partial charge in [-0.15, -0.1) is 0 Å². The molecule has 1 atom stereocenters. The van der Waals surface area contributed by atoms with Crippen molar-refractivity contribution < 1.29 is 9.59 Å². The van der Waals surface area contributed by atoms with Crippen LogP contribution >= 0.6 is 0 Å². The van der Waals surface area contributed by atoms with Gasteiger partial charge in [0.1, 0.15) is 0 Å². The van der Waals surface area contributed by atoms with Crippen LogP contribution in [0, 0.1) is 5.92 Å². The first kappa shape index (κ1) is 27.8. The van der Waals surface area contributed by atoms with Crippen LogP contribution in [0.3, 0.4) is 0 Å². The van der Waals surface area contributed by atoms with Gasteiger partial charge in [0, 0.05) is 6.42 Å². The molecule has 0 aliphatic rings. The number of carbonyl (C=O) groups excluding carboxylic acids is 2. The molecule has 0 aliphatic heterocycles. The van der Waals surface area contributed by atoms with Crippen molar-refractivity contribution in [3.63, 3.8) is 0 Å². The minimum Gasteiger partial charge on any atom is -0.346 e. The number of hydrogen-bond donors (Lipinski definition) is 1. The second-order valence-electron chi connectivity index (χ2n) is 7.96. The van der Waals surface area contributed by atoms with Crippen LogP contribution < -0.4 is 5.32 Å². The molecule has 0 aromatic heterocycles. The molecule has 0 aromatic carbocycles. The third kappa shape index (κ3) is 19.2. The molecule has 0 saturated carbocycles. The molecule has 0 aliphatic carbocycles. The normalized spacial score (nSPS) is 13.6. The zero-order valence-corrected chi connectivity index (χ0v) is 19.6. The molecule has 0 aromatic rings. The Hall–Kier alpha value is -2.16. The molecule has 3 heteroatoms. The number of unbranched alkanes of at least 4 members (excludes halogenated alkanes) is 1. The summed E-state index contributed by atoms with van der Waals surface area (Å²) in [7, 11) is 0. The van der Waals surface area contributed by atoms with E-state index < -0.39 is 0 Å². The number of ketones is 1. The summed E-state index contributed by atoms with van der Waals surface area (Å²) < 4.78 is 0. The Morgan fingerprint density at radius 3 is 1.67 bits per heavy atom. The second kappa shape index (κ2) is 20.1. The third-order valence-electron chi connectivity index (χ3n) is 4.47. The van der Waals surface area contributed by atoms with Crippen molar-refractivity contribution in [3.8, 4) is 0 Å². The van der Waals surface area contributed by atoms with Gasteiger partial charge in [0.05, 0.1) is 6.04 Å². The van der Waals surface area contributed by atoms with Gasteiger partial charge in [-0.3, -0.25) is 9.59 Å². The summed E-state index contributed by atoms with van der Waals surface area (Å²) in [6.07, 6.45) is 29.7. The van der Waals surface area contributed by atoms with Gasteiger partial charge in [-0.2, -0.15) is 0 Å². The van der Waals surface area contributed by atoms with Crippen LogP contribution in [0.4, 0.5) is 0 Å². The van der Waals surface area contributed by atoms with Gasteiger partial charge in [0.2, 0.25) is 5.91 Å². The molecule has 1 N–H and O–H groups in total. The molecule has 0 saturated heterocycles. The summed E-state index contributed by atoms with van der Waals surface area (Å²) >= 11 is 0. The topological polar surface area (TPSA) is 46.2 Å². The van der Waals surface area contributed by atoms with E-state index in [1.165, 1.54) is 0 Å². The van der Waals surface area contributed by atoms with Crippen LogP contribution in [-0.2, 0) is 9.59 Å². The predicted molar refractivity (Wildman–Crippen MR) is 130 cm³/mol. The fraction of sp³-hybridized carbons (Fsp3) is 0.556. The van der Waals surface area contributed by atoms with Crippen LogP contribution in [0.15, 0.2) is 60.8 Å². The highest BCUT2D eigenvalue weighted by molar-refractivity contribution is 5.87. The SMILES string of the molecule is CC/C=C\C/C=C\C/C=C\C/C=C\C/C=C\CCCC(=O)N[C@@H](CC(C)C)C(C)=O. The monoisotopic (exact) mass is 413 g/mol. The fourth-order valence-electron chi connectivity index (χ4n) is 2.81. The van der Waals surface area contributed by atoms with Gasteiger partial charge in [-0.05, 0) is 64.2 Å². The minimum absolute atomic E-state index is 0.0248. The van der Waals surface area contributed by atoms with Crippen molar-refractivity contribution in [1.82, 2.24) is 5.32 Å². The number of allylic oxidation sites excluding steroid dienone is 10. The number of rotatable bonds is 17. The van der Waals surface area contributed by atoms with Crippen molar-refractivity contribution in [3.05, 3.63) is 60.8 Å². The highest BCUT2D eigenvalue weighted by Crippen LogP contribution is 2.07. The van der Waals surface area contributed by atoms with Gasteiger partial charge < -0.3 is 5.32 Å². The number of nitrogens with one attached hydrogen (secondary N) is 1. The molecule has 0 radical (unpaired) electrons. The molecular weight excluding hydrogens is 370 g/mol. The number of amides is 1. The van der Waals surface area contributed by atoms with Crippen molar-refractivity contribution in [2.75, 3.05) is 0 Å². The average Bonchev–Trinajstić information content (AvgIpc) is 2.69. The van der Waals surface area contributed by atoms with E-state index in [1.807, 2.05) is 0 Å². The molecule has 168 valence electrons. The fourth-order valence-corrected chi connectivity index (χ4v) is 2.81. The lowest BCUT2D eigenvalue weighted by molar-refractivity contribution is -0.127. The average molecular weight is 414 g/mol. The second-order valence-corrected chi connectivity index (χ2v) is 7.96. The first-order valence-corrected chi connectivity index (χ1v) is 11.5. The largest absolute Gasteiger partial charge is 0.346 e. The molecule has 0 spiro atoms. The summed E-state index contributed by atoms with van der Waals surface area (Å²) in [5.74, 6) is 0.401. The molecular formula is C27H43NO2. The third-order valence-corrected chi connectivity index (χ3v) is 4.47. The highest BCUT2D eigenvalue weighted by Gasteiger charge is 2.17. The number of Topliss-reactive ketones (excluding diaryl/α,β-unsaturated/α-hetero) is 1. The standard InChI is InChI=1S/C27H43NO2/c1-5-6-7-8-9-10-11-12-13-14-15-16-17-18-19-20-21-22-27(30)28-26(25(4)29)23-24(2)3/h6-7,9-10,12-13,15-16,18-19,24,26H,5,8,11,14,17,20-23H2,1-4H3,(H,28,30)/b7-6-,10-9-,13-12-,16-15-,19-18-/t26-/m0/s1. The van der Waals surface area contributed by atoms with E-state index in [4.69, 9.17) is 0 Å². The van der Waals surface area contributed by atoms with Crippen LogP contribution in [0.2, 0.25) is 0 Å². The van der Waals surface area contributed by atoms with Crippen molar-refractivity contribution >= 4 is 11.7 Å². The van der Waals surface area contributed by atoms with Crippen molar-refractivity contribution in [2.45, 2.75) is 91.5 Å². The number of carbonyl (C=O) groups is 2. The molecule has 3 nitrogen and oxygen atoms in total. The van der Waals surface area contributed by atoms with Crippen molar-refractivity contribution in [2.24, 2.45) is 5.92 Å². The van der Waals surface area contributed by atoms with E-state index in [2.05, 4.69) is 86.8 Å². The summed E-state index contributed by atoms with van der Waals surface area (Å²) in [6.45, 7) is 7.81. The van der Waals surface area contributed by atoms with E-state index in [9.17, 15) is 9.59 Å². The Morgan fingerprint density at radius 1 is 0.767 bits per heavy atom. The van der Waals surface area contributed by atoms with Crippen LogP contribution in [0.5, 0.6) is 0 Å². The molecule has 30 heavy (non-hydrogen) atoms. The Morgan fingerprint density at radius 2 is 1.23 bits per heavy atom. The Kier molecular flexibility index (Phi) is 18.7. The smallest absolute Gasteiger partial charge is 0.220 e. The molecule has 0 bridgehead atoms. The number of hydrogen-bond acceptors (Lipinski definition) is 2. The zero-order chi connectivity index (χ0) is 22.5. The Bertz CT molecular complexity index is 594. The lowest BCUT2D eigenvalue weighted by atomic mass is 10.0. The summed E-state index contributed by atoms with van der Waals surface area (Å²) in [5, 5.41) is 2.87. The minimum atomic E-state index is -0.341. The van der Waals surface area contributed by atoms with E-state index in [-0.39, 0.29) is 17.7 Å². The highest BCUT2D eigenvalue weighted by atomic mass is 16.2. The van der Waals surface area contributed by atoms with Gasteiger partial charge >= 0.3 is 0 Å². The van der Waals surface area contributed by atoms with E-state index in [1.54, 1.807) is 6.92 Å². The molecule has 0 rings (SSSR count). The maximum Gasteiger partial charge on any atom is 0.220 e. The van der Waals surface area contributed by atoms with Crippen LogP contribution in [-0.4, -0.2) is 17.7 Å². The zero-order valence-electron chi connectivity index (χ0n) is 19.6. The first-order valence-electron chi connectivity index (χ1n) is 11.5. The lowest BCUT2D eigenvalue weighted by Gasteiger charge is -2.17. The quantitative estimate of drug-likeness (QED) is 0.205. The van der Waals surface area contributed by atoms with E-state index in [0.717, 1.165) is 44.9 Å². The van der Waals surface area contributed by atoms with Crippen LogP contribution in [0.1, 0.15) is 85.5 Å². The summed E-state index contributed by atoms with van der Waals surface area (Å²) in [6, 6.07) is -0.341. The first-order chi connectivity index (χ1) is 14.5.